The number of allylic oxidation sites excluding steroid dienone is 8. The van der Waals surface area contributed by atoms with Gasteiger partial charge in [-0.2, -0.15) is 10.2 Å². The maximum atomic E-state index is 10.0. The molecule has 6 aromatic heterocycles. The molecule has 0 atom stereocenters. The Hall–Kier alpha value is -10.6. The van der Waals surface area contributed by atoms with Gasteiger partial charge in [0, 0.05) is 197 Å². The Labute approximate surface area is 713 Å². The van der Waals surface area contributed by atoms with Gasteiger partial charge in [0.1, 0.15) is 6.33 Å². The third-order valence-electron chi connectivity index (χ3n) is 13.4. The van der Waals surface area contributed by atoms with Gasteiger partial charge in [-0.05, 0) is 91.3 Å². The number of aliphatic hydroxyl groups is 4. The summed E-state index contributed by atoms with van der Waals surface area (Å²) in [5, 5.41) is 54.1. The van der Waals surface area contributed by atoms with Gasteiger partial charge < -0.3 is 20.4 Å². The summed E-state index contributed by atoms with van der Waals surface area (Å²) < 4.78 is 0. The summed E-state index contributed by atoms with van der Waals surface area (Å²) in [5.41, 5.74) is 14.6. The summed E-state index contributed by atoms with van der Waals surface area (Å²) in [6.07, 6.45) is 19.8. The molecular weight excluding hydrogens is 2290 g/mol. The first-order valence-electron chi connectivity index (χ1n) is 32.7. The third-order valence-corrected chi connectivity index (χ3v) is 13.4. The number of carbonyl (C=O) groups is 4. The number of aryl methyl sites for hydroxylation is 2. The molecule has 0 fully saturated rings. The van der Waals surface area contributed by atoms with Crippen LogP contribution < -0.4 is 0 Å². The van der Waals surface area contributed by atoms with Gasteiger partial charge >= 0.3 is 0 Å². The van der Waals surface area contributed by atoms with Crippen LogP contribution in [-0.4, -0.2) is 104 Å². The molecule has 5 radical (unpaired) electrons. The molecular formula is C86H77Ir5N12O8-5. The first-order chi connectivity index (χ1) is 51.0. The Bertz CT molecular complexity index is 4980. The average molecular weight is 2370 g/mol. The standard InChI is InChI=1S/C16H13N2.2C14H9N2.C12H7N4.C10H7N2.4C5H8O2.5Ir/c1-11-3-6-13(7-4-11)16-15-9-12(2)5-8-14(15)10-17-18-16;1-2-6-11(7-3-1)14-10-15-12-8-4-5-9-13(12)16-14;1-2-4-12-9-13(6-5-11(12)3-1)14-10-15-7-8-16-14;1-2-4-9(5-3-1)10-11-12(16-8-15-10)14-7-6-13-11;1-2-5-9(6-3-1)10-7-4-8-11-12-10;4*1-4(6)3-5(2)7;;;;;/h3-6,8-10H,1-2H3;1-6,8-10H;1-8,10H;1-4,6-8H;1-5,7-8H;4*3,6H,1-2H3;;;;;/q5*-1;;;;;;;;;. The third kappa shape index (κ3) is 37.1. The van der Waals surface area contributed by atoms with E-state index >= 15 is 0 Å². The van der Waals surface area contributed by atoms with Crippen molar-refractivity contribution in [1.82, 2.24) is 60.3 Å². The number of para-hydroxylation sites is 2. The van der Waals surface area contributed by atoms with Gasteiger partial charge in [0.15, 0.2) is 28.8 Å². The van der Waals surface area contributed by atoms with Crippen molar-refractivity contribution in [3.63, 3.8) is 0 Å². The van der Waals surface area contributed by atoms with E-state index in [-0.39, 0.29) is 147 Å². The zero-order valence-corrected chi connectivity index (χ0v) is 73.8. The van der Waals surface area contributed by atoms with Crippen molar-refractivity contribution in [2.75, 3.05) is 0 Å². The normalized spacial score (nSPS) is 10.2. The van der Waals surface area contributed by atoms with Crippen LogP contribution in [0.25, 0.3) is 100 Å². The molecule has 20 nitrogen and oxygen atoms in total. The molecule has 14 rings (SSSR count). The minimum Gasteiger partial charge on any atom is -0.512 e. The van der Waals surface area contributed by atoms with E-state index in [0.717, 1.165) is 83.5 Å². The molecule has 0 aliphatic rings. The second kappa shape index (κ2) is 54.1. The molecule has 0 bridgehead atoms. The maximum absolute atomic E-state index is 10.0. The van der Waals surface area contributed by atoms with Crippen LogP contribution in [0.4, 0.5) is 0 Å². The number of carbonyl (C=O) groups excluding carboxylic acids is 4. The molecule has 25 heteroatoms. The quantitative estimate of drug-likeness (QED) is 0.0593. The largest absolute Gasteiger partial charge is 0.512 e. The Kier molecular flexibility index (Phi) is 47.9. The summed E-state index contributed by atoms with van der Waals surface area (Å²) in [7, 11) is 0. The van der Waals surface area contributed by atoms with Crippen LogP contribution in [-0.2, 0) is 120 Å². The number of ketones is 4. The number of nitrogens with zero attached hydrogens (tertiary/aromatic N) is 12. The average Bonchev–Trinajstić information content (AvgIpc) is 0.730. The van der Waals surface area contributed by atoms with Crippen molar-refractivity contribution in [3.05, 3.63) is 327 Å². The Morgan fingerprint density at radius 1 is 0.378 bits per heavy atom. The Morgan fingerprint density at radius 3 is 1.41 bits per heavy atom. The molecule has 579 valence electrons. The molecule has 0 unspecified atom stereocenters. The van der Waals surface area contributed by atoms with E-state index in [1.807, 2.05) is 140 Å². The fourth-order valence-corrected chi connectivity index (χ4v) is 9.09. The van der Waals surface area contributed by atoms with Crippen molar-refractivity contribution in [2.24, 2.45) is 0 Å². The molecule has 0 saturated heterocycles. The van der Waals surface area contributed by atoms with Gasteiger partial charge in [0.2, 0.25) is 0 Å². The molecule has 6 heterocycles. The smallest absolute Gasteiger partial charge is 0.172 e. The van der Waals surface area contributed by atoms with E-state index in [2.05, 4.69) is 147 Å². The van der Waals surface area contributed by atoms with Crippen LogP contribution in [0.1, 0.15) is 66.5 Å². The fraction of sp³-hybridized carbons (Fsp3) is 0.116. The van der Waals surface area contributed by atoms with Crippen molar-refractivity contribution in [2.45, 2.75) is 69.2 Å². The number of benzene rings is 8. The van der Waals surface area contributed by atoms with Crippen LogP contribution >= 0.6 is 0 Å². The van der Waals surface area contributed by atoms with E-state index in [9.17, 15) is 19.2 Å². The van der Waals surface area contributed by atoms with E-state index in [0.29, 0.717) is 11.2 Å². The predicted octanol–water partition coefficient (Wildman–Crippen LogP) is 17.9. The van der Waals surface area contributed by atoms with E-state index in [1.54, 1.807) is 49.6 Å². The molecule has 8 aromatic carbocycles. The van der Waals surface area contributed by atoms with Gasteiger partial charge in [-0.1, -0.05) is 78.0 Å². The molecule has 0 amide bonds. The summed E-state index contributed by atoms with van der Waals surface area (Å²) in [5.74, 6) is -0.250. The molecule has 0 aliphatic carbocycles. The van der Waals surface area contributed by atoms with Crippen LogP contribution in [0.5, 0.6) is 0 Å². The van der Waals surface area contributed by atoms with Crippen molar-refractivity contribution in [1.29, 1.82) is 0 Å². The van der Waals surface area contributed by atoms with E-state index in [4.69, 9.17) is 20.4 Å². The van der Waals surface area contributed by atoms with Gasteiger partial charge in [-0.15, -0.1) is 173 Å². The first-order valence-corrected chi connectivity index (χ1v) is 32.7. The van der Waals surface area contributed by atoms with Crippen molar-refractivity contribution in [3.8, 4) is 56.3 Å². The second-order valence-corrected chi connectivity index (χ2v) is 22.8. The monoisotopic (exact) mass is 2370 g/mol. The first kappa shape index (κ1) is 98.4. The van der Waals surface area contributed by atoms with Gasteiger partial charge in [0.25, 0.3) is 0 Å². The summed E-state index contributed by atoms with van der Waals surface area (Å²) in [4.78, 5) is 74.0. The van der Waals surface area contributed by atoms with Crippen LogP contribution in [0.15, 0.2) is 285 Å². The Morgan fingerprint density at radius 2 is 0.892 bits per heavy atom. The second-order valence-electron chi connectivity index (χ2n) is 22.8. The minimum absolute atomic E-state index is 0. The number of aliphatic hydroxyl groups excluding tert-OH is 4. The van der Waals surface area contributed by atoms with Gasteiger partial charge in [-0.3, -0.25) is 49.1 Å². The van der Waals surface area contributed by atoms with Crippen LogP contribution in [0.2, 0.25) is 0 Å². The molecule has 0 saturated carbocycles. The SMILES string of the molecule is CC(=O)C=C(C)O.CC(=O)C=C(C)O.CC(=O)C=C(C)O.CC(=O)C=C(C)O.Cc1c[c-]c(-c2nncc3ccc(C)cc23)cc1.[Ir].[Ir].[Ir].[Ir].[Ir].[c-]1c(-c2cnccn2)ccc2ccccc12.[c-]1ccccc1-c1cccnn1.[c-]1ccccc1-c1cnc2ccccc2n1.[c-]1ccccc1-c1ncnc2nccnc12. The van der Waals surface area contributed by atoms with E-state index < -0.39 is 0 Å². The zero-order chi connectivity index (χ0) is 76.6. The van der Waals surface area contributed by atoms with Gasteiger partial charge in [0.05, 0.1) is 45.8 Å². The molecule has 0 aliphatic heterocycles. The maximum Gasteiger partial charge on any atom is 0.172 e. The number of fused-ring (bicyclic) bond motifs is 4. The van der Waals surface area contributed by atoms with Crippen LogP contribution in [0.3, 0.4) is 0 Å². The van der Waals surface area contributed by atoms with E-state index in [1.165, 1.54) is 103 Å². The molecule has 14 aromatic rings. The summed E-state index contributed by atoms with van der Waals surface area (Å²) in [6, 6.07) is 75.4. The number of rotatable bonds is 9. The molecule has 4 N–H and O–H groups in total. The number of hydrogen-bond donors (Lipinski definition) is 4. The topological polar surface area (TPSA) is 304 Å². The van der Waals surface area contributed by atoms with Crippen LogP contribution in [0, 0.1) is 44.2 Å². The zero-order valence-electron chi connectivity index (χ0n) is 61.8. The molecule has 0 spiro atoms. The summed E-state index contributed by atoms with van der Waals surface area (Å²) >= 11 is 0. The number of aromatic nitrogens is 12. The Balaban J connectivity index is 0.000000636. The van der Waals surface area contributed by atoms with Gasteiger partial charge in [-0.25, -0.2) is 20.2 Å². The fourth-order valence-electron chi connectivity index (χ4n) is 9.09. The summed E-state index contributed by atoms with van der Waals surface area (Å²) in [6.45, 7) is 15.5. The minimum atomic E-state index is -0.125. The number of hydrogen-bond acceptors (Lipinski definition) is 20. The van der Waals surface area contributed by atoms with Crippen molar-refractivity contribution < 1.29 is 140 Å². The molecule has 111 heavy (non-hydrogen) atoms. The predicted molar refractivity (Wildman–Crippen MR) is 415 cm³/mol. The van der Waals surface area contributed by atoms with Crippen molar-refractivity contribution >= 4 is 66.9 Å².